The third-order valence-electron chi connectivity index (χ3n) is 4.04. The predicted octanol–water partition coefficient (Wildman–Crippen LogP) is 4.65. The Balaban J connectivity index is 2.15. The van der Waals surface area contributed by atoms with Crippen molar-refractivity contribution < 1.29 is 14.2 Å². The van der Waals surface area contributed by atoms with E-state index in [9.17, 15) is 9.50 Å². The molecule has 0 saturated heterocycles. The molecule has 0 aliphatic rings. The van der Waals surface area contributed by atoms with Gasteiger partial charge < -0.3 is 9.84 Å². The Kier molecular flexibility index (Phi) is 5.94. The molecule has 3 aromatic rings. The predicted molar refractivity (Wildman–Crippen MR) is 111 cm³/mol. The zero-order chi connectivity index (χ0) is 20.3. The van der Waals surface area contributed by atoms with Crippen LogP contribution in [-0.4, -0.2) is 28.6 Å². The van der Waals surface area contributed by atoms with E-state index in [0.717, 1.165) is 16.1 Å². The summed E-state index contributed by atoms with van der Waals surface area (Å²) in [5, 5.41) is 17.0. The second-order valence-electron chi connectivity index (χ2n) is 6.51. The van der Waals surface area contributed by atoms with Gasteiger partial charge in [-0.15, -0.1) is 11.3 Å². The lowest BCUT2D eigenvalue weighted by Gasteiger charge is -2.09. The summed E-state index contributed by atoms with van der Waals surface area (Å²) >= 11 is 1.46. The molecule has 5 nitrogen and oxygen atoms in total. The van der Waals surface area contributed by atoms with E-state index < -0.39 is 0 Å². The molecular formula is C21H22FN3O2S. The van der Waals surface area contributed by atoms with Gasteiger partial charge in [-0.05, 0) is 57.2 Å². The molecule has 0 fully saturated rings. The number of ether oxygens (including phenoxy) is 1. The Labute approximate surface area is 167 Å². The minimum absolute atomic E-state index is 0.0853. The van der Waals surface area contributed by atoms with Crippen LogP contribution < -0.4 is 9.54 Å². The topological polar surface area (TPSA) is 59.1 Å². The van der Waals surface area contributed by atoms with Gasteiger partial charge in [0.25, 0.3) is 0 Å². The number of methoxy groups -OCH3 is 1. The number of nitrogens with zero attached hydrogens (tertiary/aromatic N) is 3. The van der Waals surface area contributed by atoms with E-state index in [0.29, 0.717) is 17.0 Å². The third-order valence-corrected chi connectivity index (χ3v) is 4.87. The van der Waals surface area contributed by atoms with E-state index in [1.165, 1.54) is 23.5 Å². The van der Waals surface area contributed by atoms with Gasteiger partial charge in [0, 0.05) is 28.6 Å². The molecule has 0 aliphatic heterocycles. The summed E-state index contributed by atoms with van der Waals surface area (Å²) in [6.07, 6.45) is 0. The van der Waals surface area contributed by atoms with Crippen molar-refractivity contribution >= 4 is 17.0 Å². The molecule has 0 radical (unpaired) electrons. The summed E-state index contributed by atoms with van der Waals surface area (Å²) in [6, 6.07) is 11.4. The quantitative estimate of drug-likeness (QED) is 0.635. The van der Waals surface area contributed by atoms with E-state index in [-0.39, 0.29) is 17.6 Å². The highest BCUT2D eigenvalue weighted by atomic mass is 32.1. The molecule has 0 spiro atoms. The van der Waals surface area contributed by atoms with Crippen LogP contribution >= 0.6 is 11.3 Å². The molecule has 0 bridgehead atoms. The van der Waals surface area contributed by atoms with Gasteiger partial charge in [-0.3, -0.25) is 4.99 Å². The fourth-order valence-corrected chi connectivity index (χ4v) is 3.64. The molecule has 1 N–H and O–H groups in total. The Morgan fingerprint density at radius 3 is 2.50 bits per heavy atom. The molecule has 0 atom stereocenters. The zero-order valence-electron chi connectivity index (χ0n) is 16.2. The Bertz CT molecular complexity index is 1070. The number of aromatic hydroxyl groups is 1. The number of benzene rings is 2. The summed E-state index contributed by atoms with van der Waals surface area (Å²) in [6.45, 7) is 5.81. The second-order valence-corrected chi connectivity index (χ2v) is 7.35. The number of phenols is 1. The van der Waals surface area contributed by atoms with Crippen LogP contribution in [0, 0.1) is 5.82 Å². The molecule has 1 heterocycles. The van der Waals surface area contributed by atoms with Crippen LogP contribution in [0.25, 0.3) is 11.3 Å². The molecule has 0 unspecified atom stereocenters. The van der Waals surface area contributed by atoms with Crippen LogP contribution in [0.1, 0.15) is 26.3 Å². The maximum Gasteiger partial charge on any atom is 0.206 e. The van der Waals surface area contributed by atoms with E-state index >= 15 is 0 Å². The number of halogens is 1. The molecular weight excluding hydrogens is 377 g/mol. The molecule has 0 aliphatic carbocycles. The van der Waals surface area contributed by atoms with E-state index in [2.05, 4.69) is 4.99 Å². The van der Waals surface area contributed by atoms with Crippen molar-refractivity contribution in [3.63, 3.8) is 0 Å². The number of aromatic nitrogens is 1. The number of hydrogen-bond acceptors (Lipinski definition) is 5. The maximum absolute atomic E-state index is 13.3. The van der Waals surface area contributed by atoms with Crippen molar-refractivity contribution in [1.29, 1.82) is 0 Å². The molecule has 28 heavy (non-hydrogen) atoms. The molecule has 2 aromatic carbocycles. The average Bonchev–Trinajstić information content (AvgIpc) is 3.03. The third kappa shape index (κ3) is 4.31. The molecule has 1 aromatic heterocycles. The zero-order valence-corrected chi connectivity index (χ0v) is 17.0. The highest BCUT2D eigenvalue weighted by molar-refractivity contribution is 7.07. The number of hydrogen-bond donors (Lipinski definition) is 1. The smallest absolute Gasteiger partial charge is 0.206 e. The van der Waals surface area contributed by atoms with Crippen molar-refractivity contribution in [3.8, 4) is 22.8 Å². The minimum Gasteiger partial charge on any atom is -0.507 e. The fraction of sp³-hybridized carbons (Fsp3) is 0.238. The average molecular weight is 399 g/mol. The van der Waals surface area contributed by atoms with Crippen LogP contribution in [0.2, 0.25) is 0 Å². The van der Waals surface area contributed by atoms with Crippen molar-refractivity contribution in [1.82, 2.24) is 4.68 Å². The highest BCUT2D eigenvalue weighted by Gasteiger charge is 2.11. The first kappa shape index (κ1) is 19.8. The van der Waals surface area contributed by atoms with Crippen molar-refractivity contribution in [2.45, 2.75) is 26.8 Å². The fourth-order valence-electron chi connectivity index (χ4n) is 2.67. The normalized spacial score (nSPS) is 12.6. The van der Waals surface area contributed by atoms with Gasteiger partial charge >= 0.3 is 0 Å². The van der Waals surface area contributed by atoms with E-state index in [4.69, 9.17) is 9.84 Å². The lowest BCUT2D eigenvalue weighted by Crippen LogP contribution is -2.16. The SMILES string of the molecule is COc1ccc(C(C)=Nn2c(-c3ccc(F)cc3)csc2=NC(C)C)c(O)c1. The van der Waals surface area contributed by atoms with Crippen LogP contribution in [0.3, 0.4) is 0 Å². The number of thiazole rings is 1. The molecule has 7 heteroatoms. The first-order valence-corrected chi connectivity index (χ1v) is 9.70. The number of phenolic OH excluding ortho intramolecular Hbond substituents is 1. The van der Waals surface area contributed by atoms with Crippen molar-refractivity contribution in [2.24, 2.45) is 10.1 Å². The first-order chi connectivity index (χ1) is 13.4. The van der Waals surface area contributed by atoms with Gasteiger partial charge in [0.05, 0.1) is 18.5 Å². The molecule has 0 amide bonds. The van der Waals surface area contributed by atoms with Gasteiger partial charge in [0.2, 0.25) is 4.80 Å². The van der Waals surface area contributed by atoms with Gasteiger partial charge in [0.1, 0.15) is 17.3 Å². The highest BCUT2D eigenvalue weighted by Crippen LogP contribution is 2.25. The lowest BCUT2D eigenvalue weighted by molar-refractivity contribution is 0.407. The molecule has 0 saturated carbocycles. The summed E-state index contributed by atoms with van der Waals surface area (Å²) < 4.78 is 20.2. The summed E-state index contributed by atoms with van der Waals surface area (Å²) in [5.74, 6) is 0.363. The van der Waals surface area contributed by atoms with Gasteiger partial charge in [-0.25, -0.2) is 9.07 Å². The minimum atomic E-state index is -0.291. The maximum atomic E-state index is 13.3. The Hall–Kier alpha value is -2.93. The lowest BCUT2D eigenvalue weighted by atomic mass is 10.1. The van der Waals surface area contributed by atoms with Crippen LogP contribution in [0.5, 0.6) is 11.5 Å². The van der Waals surface area contributed by atoms with Gasteiger partial charge in [0.15, 0.2) is 0 Å². The first-order valence-electron chi connectivity index (χ1n) is 8.82. The van der Waals surface area contributed by atoms with Crippen molar-refractivity contribution in [3.05, 3.63) is 64.0 Å². The molecule has 146 valence electrons. The van der Waals surface area contributed by atoms with Crippen LogP contribution in [-0.2, 0) is 0 Å². The monoisotopic (exact) mass is 399 g/mol. The van der Waals surface area contributed by atoms with Gasteiger partial charge in [-0.1, -0.05) is 0 Å². The summed E-state index contributed by atoms with van der Waals surface area (Å²) in [7, 11) is 1.55. The number of rotatable bonds is 5. The summed E-state index contributed by atoms with van der Waals surface area (Å²) in [4.78, 5) is 5.36. The van der Waals surface area contributed by atoms with Crippen LogP contribution in [0.4, 0.5) is 4.39 Å². The van der Waals surface area contributed by atoms with Gasteiger partial charge in [-0.2, -0.15) is 5.10 Å². The van der Waals surface area contributed by atoms with Crippen molar-refractivity contribution in [2.75, 3.05) is 7.11 Å². The standard InChI is InChI=1S/C21H22FN3O2S/c1-13(2)23-21-25(19(12-28-21)15-5-7-16(22)8-6-15)24-14(3)18-10-9-17(27-4)11-20(18)26/h5-13,26H,1-4H3. The summed E-state index contributed by atoms with van der Waals surface area (Å²) in [5.41, 5.74) is 2.85. The molecule has 3 rings (SSSR count). The van der Waals surface area contributed by atoms with E-state index in [1.54, 1.807) is 42.1 Å². The largest absolute Gasteiger partial charge is 0.507 e. The van der Waals surface area contributed by atoms with Crippen LogP contribution in [0.15, 0.2) is 57.9 Å². The Morgan fingerprint density at radius 1 is 1.18 bits per heavy atom. The Morgan fingerprint density at radius 2 is 1.89 bits per heavy atom. The van der Waals surface area contributed by atoms with E-state index in [1.807, 2.05) is 26.2 Å². The second kappa shape index (κ2) is 8.39.